The summed E-state index contributed by atoms with van der Waals surface area (Å²) in [6, 6.07) is 8.16. The number of benzene rings is 1. The van der Waals surface area contributed by atoms with E-state index in [1.807, 2.05) is 0 Å². The second-order valence-corrected chi connectivity index (χ2v) is 7.75. The van der Waals surface area contributed by atoms with Crippen molar-refractivity contribution in [2.45, 2.75) is 20.3 Å². The number of nitrogens with zero attached hydrogens (tertiary/aromatic N) is 3. The maximum atomic E-state index is 12.1. The molecular formula is C23H28N4O4. The molecule has 0 amide bonds. The minimum absolute atomic E-state index is 0.195. The number of aromatic nitrogens is 3. The Labute approximate surface area is 181 Å². The van der Waals surface area contributed by atoms with Crippen LogP contribution in [0, 0.1) is 13.8 Å². The van der Waals surface area contributed by atoms with Gasteiger partial charge in [0.2, 0.25) is 0 Å². The molecule has 3 aromatic rings. The molecule has 1 saturated heterocycles. The van der Waals surface area contributed by atoms with Crippen LogP contribution in [-0.4, -0.2) is 72.4 Å². The van der Waals surface area contributed by atoms with Crippen LogP contribution in [0.3, 0.4) is 0 Å². The zero-order valence-corrected chi connectivity index (χ0v) is 18.2. The molecular weight excluding hydrogens is 396 g/mol. The third-order valence-corrected chi connectivity index (χ3v) is 5.65. The molecule has 164 valence electrons. The van der Waals surface area contributed by atoms with Crippen LogP contribution in [0.15, 0.2) is 24.3 Å². The van der Waals surface area contributed by atoms with Gasteiger partial charge >= 0.3 is 12.0 Å². The van der Waals surface area contributed by atoms with E-state index in [1.165, 1.54) is 18.1 Å². The van der Waals surface area contributed by atoms with Gasteiger partial charge in [0, 0.05) is 42.7 Å². The van der Waals surface area contributed by atoms with Gasteiger partial charge in [0.1, 0.15) is 6.61 Å². The lowest BCUT2D eigenvalue weighted by molar-refractivity contribution is 0.0316. The van der Waals surface area contributed by atoms with E-state index < -0.39 is 5.97 Å². The summed E-state index contributed by atoms with van der Waals surface area (Å²) in [5.74, 6) is -0.505. The van der Waals surface area contributed by atoms with E-state index >= 15 is 0 Å². The van der Waals surface area contributed by atoms with Gasteiger partial charge < -0.3 is 19.2 Å². The number of rotatable bonds is 7. The van der Waals surface area contributed by atoms with Crippen molar-refractivity contribution < 1.29 is 19.0 Å². The highest BCUT2D eigenvalue weighted by atomic mass is 16.5. The molecule has 0 atom stereocenters. The maximum Gasteiger partial charge on any atom is 0.356 e. The van der Waals surface area contributed by atoms with Gasteiger partial charge in [-0.25, -0.2) is 4.79 Å². The largest absolute Gasteiger partial charge is 0.464 e. The summed E-state index contributed by atoms with van der Waals surface area (Å²) in [5, 5.41) is 1.19. The van der Waals surface area contributed by atoms with Crippen LogP contribution >= 0.6 is 0 Å². The minimum Gasteiger partial charge on any atom is -0.464 e. The Kier molecular flexibility index (Phi) is 6.48. The van der Waals surface area contributed by atoms with Gasteiger partial charge in [0.15, 0.2) is 5.69 Å². The van der Waals surface area contributed by atoms with Crippen molar-refractivity contribution >= 4 is 16.9 Å². The topological polar surface area (TPSA) is 89.6 Å². The molecule has 1 aliphatic heterocycles. The first-order chi connectivity index (χ1) is 15.0. The minimum atomic E-state index is -0.505. The molecule has 4 rings (SSSR count). The number of fused-ring (bicyclic) bond motifs is 1. The van der Waals surface area contributed by atoms with E-state index in [4.69, 9.17) is 14.2 Å². The Bertz CT molecular complexity index is 1070. The molecule has 0 spiro atoms. The molecule has 0 radical (unpaired) electrons. The monoisotopic (exact) mass is 424 g/mol. The number of carbonyl (C=O) groups is 1. The lowest BCUT2D eigenvalue weighted by atomic mass is 10.0. The lowest BCUT2D eigenvalue weighted by Crippen LogP contribution is -2.38. The molecule has 3 heterocycles. The van der Waals surface area contributed by atoms with Gasteiger partial charge in [-0.15, -0.1) is 0 Å². The van der Waals surface area contributed by atoms with Gasteiger partial charge in [-0.2, -0.15) is 9.97 Å². The average molecular weight is 425 g/mol. The molecule has 1 fully saturated rings. The Morgan fingerprint density at radius 1 is 1.19 bits per heavy atom. The number of aromatic amines is 1. The number of carbonyl (C=O) groups excluding carboxylic acids is 1. The number of methoxy groups -OCH3 is 1. The first-order valence-corrected chi connectivity index (χ1v) is 10.5. The Balaban J connectivity index is 1.52. The molecule has 1 aromatic carbocycles. The highest BCUT2D eigenvalue weighted by Gasteiger charge is 2.15. The Morgan fingerprint density at radius 2 is 2.00 bits per heavy atom. The number of nitrogens with one attached hydrogen (secondary N) is 1. The van der Waals surface area contributed by atoms with Crippen LogP contribution in [0.1, 0.15) is 33.0 Å². The predicted molar refractivity (Wildman–Crippen MR) is 117 cm³/mol. The van der Waals surface area contributed by atoms with Gasteiger partial charge in [-0.05, 0) is 43.2 Å². The molecule has 31 heavy (non-hydrogen) atoms. The van der Waals surface area contributed by atoms with E-state index in [2.05, 4.69) is 51.9 Å². The zero-order valence-electron chi connectivity index (χ0n) is 18.2. The molecule has 1 aliphatic rings. The molecule has 0 unspecified atom stereocenters. The second kappa shape index (κ2) is 9.45. The fraction of sp³-hybridized carbons (Fsp3) is 0.435. The maximum absolute atomic E-state index is 12.1. The average Bonchev–Trinajstić information content (AvgIpc) is 3.07. The highest BCUT2D eigenvalue weighted by molar-refractivity contribution is 5.87. The molecule has 1 N–H and O–H groups in total. The number of esters is 1. The SMILES string of the molecule is COC(=O)c1cc(Cc2ccc3[nH]c(C)c(C)c3c2)nc(OCCN2CCOCC2)n1. The predicted octanol–water partition coefficient (Wildman–Crippen LogP) is 2.66. The number of aryl methyl sites for hydroxylation is 2. The summed E-state index contributed by atoms with van der Waals surface area (Å²) in [4.78, 5) is 26.6. The van der Waals surface area contributed by atoms with E-state index in [0.29, 0.717) is 18.7 Å². The Hall–Kier alpha value is -2.97. The van der Waals surface area contributed by atoms with Crippen LogP contribution < -0.4 is 4.74 Å². The number of ether oxygens (including phenoxy) is 3. The van der Waals surface area contributed by atoms with Crippen LogP contribution in [-0.2, 0) is 15.9 Å². The van der Waals surface area contributed by atoms with E-state index in [9.17, 15) is 4.79 Å². The zero-order chi connectivity index (χ0) is 21.8. The van der Waals surface area contributed by atoms with Crippen LogP contribution in [0.4, 0.5) is 0 Å². The summed E-state index contributed by atoms with van der Waals surface area (Å²) in [6.45, 7) is 8.63. The van der Waals surface area contributed by atoms with Gasteiger partial charge in [0.05, 0.1) is 26.0 Å². The summed E-state index contributed by atoms with van der Waals surface area (Å²) >= 11 is 0. The van der Waals surface area contributed by atoms with E-state index in [1.54, 1.807) is 6.07 Å². The molecule has 0 aliphatic carbocycles. The quantitative estimate of drug-likeness (QED) is 0.583. The lowest BCUT2D eigenvalue weighted by Gasteiger charge is -2.26. The summed E-state index contributed by atoms with van der Waals surface area (Å²) < 4.78 is 16.0. The molecule has 2 aromatic heterocycles. The fourth-order valence-electron chi connectivity index (χ4n) is 3.76. The van der Waals surface area contributed by atoms with Crippen molar-refractivity contribution in [3.8, 4) is 6.01 Å². The van der Waals surface area contributed by atoms with Crippen LogP contribution in [0.2, 0.25) is 0 Å². The van der Waals surface area contributed by atoms with E-state index in [0.717, 1.165) is 49.6 Å². The number of morpholine rings is 1. The Morgan fingerprint density at radius 3 is 2.77 bits per heavy atom. The van der Waals surface area contributed by atoms with Crippen molar-refractivity contribution in [3.63, 3.8) is 0 Å². The highest BCUT2D eigenvalue weighted by Crippen LogP contribution is 2.24. The standard InChI is InChI=1S/C23H28N4O4/c1-15-16(2)24-20-5-4-17(13-19(15)20)12-18-14-21(22(28)29-3)26-23(25-18)31-11-8-27-6-9-30-10-7-27/h4-5,13-14,24H,6-12H2,1-3H3. The summed E-state index contributed by atoms with van der Waals surface area (Å²) in [6.07, 6.45) is 0.561. The van der Waals surface area contributed by atoms with Crippen LogP contribution in [0.25, 0.3) is 10.9 Å². The van der Waals surface area contributed by atoms with Crippen LogP contribution in [0.5, 0.6) is 6.01 Å². The van der Waals surface area contributed by atoms with Gasteiger partial charge in [-0.3, -0.25) is 4.90 Å². The fourth-order valence-corrected chi connectivity index (χ4v) is 3.76. The number of H-pyrrole nitrogens is 1. The summed E-state index contributed by atoms with van der Waals surface area (Å²) in [5.41, 5.74) is 5.52. The van der Waals surface area contributed by atoms with Crippen molar-refractivity contribution in [3.05, 3.63) is 52.5 Å². The van der Waals surface area contributed by atoms with E-state index in [-0.39, 0.29) is 11.7 Å². The first kappa shape index (κ1) is 21.3. The normalized spacial score (nSPS) is 14.7. The van der Waals surface area contributed by atoms with Crippen molar-refractivity contribution in [1.82, 2.24) is 19.9 Å². The third kappa shape index (κ3) is 5.03. The first-order valence-electron chi connectivity index (χ1n) is 10.5. The molecule has 8 heteroatoms. The third-order valence-electron chi connectivity index (χ3n) is 5.65. The van der Waals surface area contributed by atoms with Crippen molar-refractivity contribution in [2.24, 2.45) is 0 Å². The smallest absolute Gasteiger partial charge is 0.356 e. The summed E-state index contributed by atoms with van der Waals surface area (Å²) in [7, 11) is 1.34. The molecule has 0 bridgehead atoms. The number of hydrogen-bond donors (Lipinski definition) is 1. The second-order valence-electron chi connectivity index (χ2n) is 7.75. The number of hydrogen-bond acceptors (Lipinski definition) is 7. The van der Waals surface area contributed by atoms with Gasteiger partial charge in [0.25, 0.3) is 0 Å². The molecule has 0 saturated carbocycles. The van der Waals surface area contributed by atoms with Crippen molar-refractivity contribution in [2.75, 3.05) is 46.6 Å². The van der Waals surface area contributed by atoms with Gasteiger partial charge in [-0.1, -0.05) is 6.07 Å². The van der Waals surface area contributed by atoms with Crippen molar-refractivity contribution in [1.29, 1.82) is 0 Å². The molecule has 8 nitrogen and oxygen atoms in total.